The van der Waals surface area contributed by atoms with E-state index in [0.717, 1.165) is 42.8 Å². The van der Waals surface area contributed by atoms with Crippen LogP contribution in [0.1, 0.15) is 51.8 Å². The van der Waals surface area contributed by atoms with Crippen LogP contribution < -0.4 is 4.74 Å². The first-order valence-electron chi connectivity index (χ1n) is 10.2. The molecule has 1 amide bonds. The highest BCUT2D eigenvalue weighted by atomic mass is 16.6. The smallest absolute Gasteiger partial charge is 0.410 e. The number of imidazole rings is 1. The molecular formula is C21H32N4O4. The lowest BCUT2D eigenvalue weighted by Crippen LogP contribution is -2.42. The normalized spacial score (nSPS) is 17.6. The van der Waals surface area contributed by atoms with E-state index in [4.69, 9.17) is 19.2 Å². The van der Waals surface area contributed by atoms with Crippen LogP contribution in [0.4, 0.5) is 4.79 Å². The zero-order chi connectivity index (χ0) is 21.0. The minimum absolute atomic E-state index is 0.138. The lowest BCUT2D eigenvalue weighted by atomic mass is 9.97. The minimum atomic E-state index is -0.502. The summed E-state index contributed by atoms with van der Waals surface area (Å²) in [6.45, 7) is 8.39. The molecule has 3 rings (SSSR count). The summed E-state index contributed by atoms with van der Waals surface area (Å²) in [6, 6.07) is 3.76. The van der Waals surface area contributed by atoms with Crippen LogP contribution in [-0.2, 0) is 16.0 Å². The van der Waals surface area contributed by atoms with Crippen molar-refractivity contribution in [3.8, 4) is 5.88 Å². The maximum absolute atomic E-state index is 12.6. The molecule has 0 spiro atoms. The Kier molecular flexibility index (Phi) is 6.62. The molecule has 8 nitrogen and oxygen atoms in total. The van der Waals surface area contributed by atoms with Crippen LogP contribution in [0.2, 0.25) is 0 Å². The Morgan fingerprint density at radius 1 is 1.24 bits per heavy atom. The van der Waals surface area contributed by atoms with Gasteiger partial charge in [-0.25, -0.2) is 9.78 Å². The molecule has 0 N–H and O–H groups in total. The molecule has 1 atom stereocenters. The third kappa shape index (κ3) is 5.18. The number of methoxy groups -OCH3 is 2. The van der Waals surface area contributed by atoms with Gasteiger partial charge in [-0.3, -0.25) is 0 Å². The summed E-state index contributed by atoms with van der Waals surface area (Å²) in [6.07, 6.45) is 2.49. The Balaban J connectivity index is 1.88. The SMILES string of the molecule is COCCCn1c(C2CCCN(C(=O)OC(C)(C)C)C2)nc2ccc(OC)nc21. The van der Waals surface area contributed by atoms with E-state index >= 15 is 0 Å². The molecule has 1 unspecified atom stereocenters. The summed E-state index contributed by atoms with van der Waals surface area (Å²) in [7, 11) is 3.31. The highest BCUT2D eigenvalue weighted by Gasteiger charge is 2.31. The molecule has 1 saturated heterocycles. The van der Waals surface area contributed by atoms with Crippen molar-refractivity contribution in [3.05, 3.63) is 18.0 Å². The third-order valence-electron chi connectivity index (χ3n) is 4.97. The van der Waals surface area contributed by atoms with E-state index in [9.17, 15) is 4.79 Å². The number of piperidine rings is 1. The number of fused-ring (bicyclic) bond motifs is 1. The van der Waals surface area contributed by atoms with Crippen molar-refractivity contribution in [1.29, 1.82) is 0 Å². The average Bonchev–Trinajstić information content (AvgIpc) is 3.05. The third-order valence-corrected chi connectivity index (χ3v) is 4.97. The maximum Gasteiger partial charge on any atom is 0.410 e. The minimum Gasteiger partial charge on any atom is -0.481 e. The number of ether oxygens (including phenoxy) is 3. The van der Waals surface area contributed by atoms with Gasteiger partial charge in [0.2, 0.25) is 5.88 Å². The molecule has 2 aromatic heterocycles. The molecular weight excluding hydrogens is 372 g/mol. The van der Waals surface area contributed by atoms with Gasteiger partial charge in [0.1, 0.15) is 16.9 Å². The van der Waals surface area contributed by atoms with Gasteiger partial charge in [0.15, 0.2) is 5.65 Å². The summed E-state index contributed by atoms with van der Waals surface area (Å²) in [5.41, 5.74) is 1.15. The van der Waals surface area contributed by atoms with Crippen molar-refractivity contribution in [2.45, 2.75) is 58.1 Å². The number of rotatable bonds is 6. The number of pyridine rings is 1. The maximum atomic E-state index is 12.6. The number of hydrogen-bond donors (Lipinski definition) is 0. The standard InChI is InChI=1S/C21H32N4O4/c1-21(2,3)29-20(26)24-11-6-8-15(14-24)18-22-16-9-10-17(28-5)23-19(16)25(18)12-7-13-27-4/h9-10,15H,6-8,11-14H2,1-5H3. The second-order valence-corrected chi connectivity index (χ2v) is 8.43. The van der Waals surface area contributed by atoms with Crippen molar-refractivity contribution in [3.63, 3.8) is 0 Å². The Labute approximate surface area is 172 Å². The summed E-state index contributed by atoms with van der Waals surface area (Å²) in [5, 5.41) is 0. The van der Waals surface area contributed by atoms with Gasteiger partial charge in [-0.2, -0.15) is 4.98 Å². The first-order valence-corrected chi connectivity index (χ1v) is 10.2. The number of aryl methyl sites for hydroxylation is 1. The zero-order valence-electron chi connectivity index (χ0n) is 18.1. The molecule has 0 bridgehead atoms. The Bertz CT molecular complexity index is 843. The van der Waals surface area contributed by atoms with Crippen LogP contribution in [-0.4, -0.2) is 65.0 Å². The average molecular weight is 405 g/mol. The lowest BCUT2D eigenvalue weighted by Gasteiger charge is -2.34. The highest BCUT2D eigenvalue weighted by Crippen LogP contribution is 2.30. The predicted molar refractivity (Wildman–Crippen MR) is 110 cm³/mol. The van der Waals surface area contributed by atoms with Crippen molar-refractivity contribution in [2.24, 2.45) is 0 Å². The lowest BCUT2D eigenvalue weighted by molar-refractivity contribution is 0.0195. The summed E-state index contributed by atoms with van der Waals surface area (Å²) < 4.78 is 18.3. The molecule has 1 fully saturated rings. The van der Waals surface area contributed by atoms with E-state index in [-0.39, 0.29) is 12.0 Å². The van der Waals surface area contributed by atoms with Crippen molar-refractivity contribution >= 4 is 17.3 Å². The van der Waals surface area contributed by atoms with Gasteiger partial charge in [0.05, 0.1) is 7.11 Å². The number of likely N-dealkylation sites (tertiary alicyclic amines) is 1. The predicted octanol–water partition coefficient (Wildman–Crippen LogP) is 3.59. The molecule has 1 aliphatic rings. The molecule has 160 valence electrons. The highest BCUT2D eigenvalue weighted by molar-refractivity contribution is 5.73. The van der Waals surface area contributed by atoms with Gasteiger partial charge in [-0.15, -0.1) is 0 Å². The summed E-state index contributed by atoms with van der Waals surface area (Å²) >= 11 is 0. The Morgan fingerprint density at radius 2 is 2.03 bits per heavy atom. The summed E-state index contributed by atoms with van der Waals surface area (Å²) in [4.78, 5) is 23.9. The van der Waals surface area contributed by atoms with Gasteiger partial charge in [-0.05, 0) is 46.1 Å². The topological polar surface area (TPSA) is 78.7 Å². The van der Waals surface area contributed by atoms with E-state index in [2.05, 4.69) is 9.55 Å². The second kappa shape index (κ2) is 8.98. The quantitative estimate of drug-likeness (QED) is 0.685. The molecule has 29 heavy (non-hydrogen) atoms. The van der Waals surface area contributed by atoms with Crippen LogP contribution in [0, 0.1) is 0 Å². The molecule has 8 heteroatoms. The molecule has 0 aliphatic carbocycles. The van der Waals surface area contributed by atoms with Crippen LogP contribution in [0.3, 0.4) is 0 Å². The van der Waals surface area contributed by atoms with E-state index in [1.807, 2.05) is 32.9 Å². The number of carbonyl (C=O) groups is 1. The monoisotopic (exact) mass is 404 g/mol. The largest absolute Gasteiger partial charge is 0.481 e. The van der Waals surface area contributed by atoms with Gasteiger partial charge < -0.3 is 23.7 Å². The van der Waals surface area contributed by atoms with Crippen LogP contribution in [0.5, 0.6) is 5.88 Å². The molecule has 3 heterocycles. The first kappa shape index (κ1) is 21.4. The van der Waals surface area contributed by atoms with Crippen molar-refractivity contribution < 1.29 is 19.0 Å². The van der Waals surface area contributed by atoms with E-state index in [1.165, 1.54) is 0 Å². The van der Waals surface area contributed by atoms with Gasteiger partial charge in [0.25, 0.3) is 0 Å². The number of carbonyl (C=O) groups excluding carboxylic acids is 1. The Hall–Kier alpha value is -2.35. The number of hydrogen-bond acceptors (Lipinski definition) is 6. The number of nitrogens with zero attached hydrogens (tertiary/aromatic N) is 4. The van der Waals surface area contributed by atoms with Gasteiger partial charge >= 0.3 is 6.09 Å². The van der Waals surface area contributed by atoms with Crippen molar-refractivity contribution in [2.75, 3.05) is 33.9 Å². The zero-order valence-corrected chi connectivity index (χ0v) is 18.1. The van der Waals surface area contributed by atoms with Crippen LogP contribution >= 0.6 is 0 Å². The van der Waals surface area contributed by atoms with E-state index in [0.29, 0.717) is 25.6 Å². The van der Waals surface area contributed by atoms with E-state index in [1.54, 1.807) is 19.1 Å². The molecule has 0 saturated carbocycles. The van der Waals surface area contributed by atoms with Crippen LogP contribution in [0.15, 0.2) is 12.1 Å². The van der Waals surface area contributed by atoms with Crippen LogP contribution in [0.25, 0.3) is 11.2 Å². The fraction of sp³-hybridized carbons (Fsp3) is 0.667. The first-order chi connectivity index (χ1) is 13.8. The fourth-order valence-electron chi connectivity index (χ4n) is 3.69. The molecule has 0 aromatic carbocycles. The van der Waals surface area contributed by atoms with Crippen molar-refractivity contribution in [1.82, 2.24) is 19.4 Å². The summed E-state index contributed by atoms with van der Waals surface area (Å²) in [5.74, 6) is 1.67. The van der Waals surface area contributed by atoms with E-state index < -0.39 is 5.60 Å². The molecule has 2 aromatic rings. The Morgan fingerprint density at radius 3 is 2.72 bits per heavy atom. The fourth-order valence-corrected chi connectivity index (χ4v) is 3.69. The number of amides is 1. The molecule has 0 radical (unpaired) electrons. The second-order valence-electron chi connectivity index (χ2n) is 8.43. The van der Waals surface area contributed by atoms with Gasteiger partial charge in [0, 0.05) is 45.3 Å². The number of aromatic nitrogens is 3. The van der Waals surface area contributed by atoms with Gasteiger partial charge in [-0.1, -0.05) is 0 Å². The molecule has 1 aliphatic heterocycles.